The van der Waals surface area contributed by atoms with Crippen LogP contribution in [0.2, 0.25) is 0 Å². The third-order valence-electron chi connectivity index (χ3n) is 2.93. The van der Waals surface area contributed by atoms with E-state index in [2.05, 4.69) is 15.5 Å². The topological polar surface area (TPSA) is 83.8 Å². The van der Waals surface area contributed by atoms with Gasteiger partial charge in [-0.2, -0.15) is 5.10 Å². The number of amides is 1. The van der Waals surface area contributed by atoms with Crippen molar-refractivity contribution in [3.8, 4) is 11.3 Å². The molecule has 4 N–H and O–H groups in total. The Morgan fingerprint density at radius 3 is 3.00 bits per heavy atom. The van der Waals surface area contributed by atoms with Gasteiger partial charge < -0.3 is 11.1 Å². The summed E-state index contributed by atoms with van der Waals surface area (Å²) in [5.74, 6) is -0.0592. The molecule has 0 aliphatic heterocycles. The molecule has 0 aliphatic rings. The molecule has 0 spiro atoms. The Morgan fingerprint density at radius 2 is 2.32 bits per heavy atom. The number of hydrogen-bond donors (Lipinski definition) is 3. The molecular formula is C14H18N4O. The number of rotatable bonds is 5. The molecule has 0 aliphatic carbocycles. The predicted molar refractivity (Wildman–Crippen MR) is 75.5 cm³/mol. The monoisotopic (exact) mass is 258 g/mol. The van der Waals surface area contributed by atoms with E-state index >= 15 is 0 Å². The van der Waals surface area contributed by atoms with Crippen LogP contribution in [0.3, 0.4) is 0 Å². The summed E-state index contributed by atoms with van der Waals surface area (Å²) >= 11 is 0. The molecule has 1 unspecified atom stereocenters. The van der Waals surface area contributed by atoms with Crippen molar-refractivity contribution in [1.29, 1.82) is 0 Å². The fourth-order valence-corrected chi connectivity index (χ4v) is 1.78. The number of hydrogen-bond acceptors (Lipinski definition) is 3. The van der Waals surface area contributed by atoms with E-state index in [1.807, 2.05) is 37.3 Å². The van der Waals surface area contributed by atoms with Crippen molar-refractivity contribution in [1.82, 2.24) is 10.2 Å². The lowest BCUT2D eigenvalue weighted by Gasteiger charge is -2.10. The number of benzene rings is 1. The van der Waals surface area contributed by atoms with Crippen LogP contribution >= 0.6 is 0 Å². The van der Waals surface area contributed by atoms with E-state index < -0.39 is 0 Å². The summed E-state index contributed by atoms with van der Waals surface area (Å²) in [4.78, 5) is 11.8. The van der Waals surface area contributed by atoms with Crippen LogP contribution in [0.5, 0.6) is 0 Å². The first-order valence-corrected chi connectivity index (χ1v) is 6.34. The largest absolute Gasteiger partial charge is 0.327 e. The van der Waals surface area contributed by atoms with E-state index in [4.69, 9.17) is 5.73 Å². The fourth-order valence-electron chi connectivity index (χ4n) is 1.78. The Morgan fingerprint density at radius 1 is 1.47 bits per heavy atom. The fraction of sp³-hybridized carbons (Fsp3) is 0.286. The van der Waals surface area contributed by atoms with Crippen molar-refractivity contribution in [3.05, 3.63) is 36.5 Å². The van der Waals surface area contributed by atoms with Gasteiger partial charge in [0, 0.05) is 29.9 Å². The van der Waals surface area contributed by atoms with Gasteiger partial charge in [0.25, 0.3) is 0 Å². The van der Waals surface area contributed by atoms with Crippen molar-refractivity contribution in [2.75, 3.05) is 5.32 Å². The van der Waals surface area contributed by atoms with Crippen molar-refractivity contribution in [2.24, 2.45) is 5.73 Å². The molecule has 1 amide bonds. The molecule has 19 heavy (non-hydrogen) atoms. The molecule has 0 fully saturated rings. The number of aromatic amines is 1. The lowest BCUT2D eigenvalue weighted by Crippen LogP contribution is -2.26. The van der Waals surface area contributed by atoms with Gasteiger partial charge in [0.05, 0.1) is 5.69 Å². The zero-order valence-corrected chi connectivity index (χ0v) is 10.9. The molecule has 0 saturated heterocycles. The molecule has 2 aromatic rings. The Labute approximate surface area is 112 Å². The highest BCUT2D eigenvalue weighted by molar-refractivity contribution is 5.91. The van der Waals surface area contributed by atoms with Crippen LogP contribution in [-0.2, 0) is 4.79 Å². The molecule has 0 bridgehead atoms. The van der Waals surface area contributed by atoms with Gasteiger partial charge in [-0.15, -0.1) is 0 Å². The van der Waals surface area contributed by atoms with E-state index in [1.54, 1.807) is 6.20 Å². The van der Waals surface area contributed by atoms with Crippen LogP contribution in [0.1, 0.15) is 19.8 Å². The number of nitrogens with one attached hydrogen (secondary N) is 2. The molecule has 5 nitrogen and oxygen atoms in total. The second-order valence-corrected chi connectivity index (χ2v) is 4.47. The highest BCUT2D eigenvalue weighted by atomic mass is 16.1. The first-order chi connectivity index (χ1) is 9.19. The molecule has 2 rings (SSSR count). The summed E-state index contributed by atoms with van der Waals surface area (Å²) in [6.45, 7) is 1.97. The third kappa shape index (κ3) is 3.66. The van der Waals surface area contributed by atoms with Crippen LogP contribution < -0.4 is 11.1 Å². The van der Waals surface area contributed by atoms with Crippen LogP contribution in [0.4, 0.5) is 5.69 Å². The zero-order valence-electron chi connectivity index (χ0n) is 10.9. The number of nitrogens with zero attached hydrogens (tertiary/aromatic N) is 1. The number of nitrogens with two attached hydrogens (primary N) is 1. The number of aromatic nitrogens is 2. The van der Waals surface area contributed by atoms with Gasteiger partial charge in [-0.25, -0.2) is 0 Å². The Balaban J connectivity index is 2.05. The minimum Gasteiger partial charge on any atom is -0.327 e. The predicted octanol–water partition coefficient (Wildman–Crippen LogP) is 2.14. The van der Waals surface area contributed by atoms with Gasteiger partial charge in [-0.1, -0.05) is 19.1 Å². The number of H-pyrrole nitrogens is 1. The third-order valence-corrected chi connectivity index (χ3v) is 2.93. The van der Waals surface area contributed by atoms with Gasteiger partial charge in [0.1, 0.15) is 0 Å². The molecule has 100 valence electrons. The Bertz CT molecular complexity index is 536. The lowest BCUT2D eigenvalue weighted by atomic mass is 10.1. The average Bonchev–Trinajstić information content (AvgIpc) is 2.92. The number of carbonyl (C=O) groups is 1. The van der Waals surface area contributed by atoms with Crippen molar-refractivity contribution < 1.29 is 4.79 Å². The lowest BCUT2D eigenvalue weighted by molar-refractivity contribution is -0.116. The van der Waals surface area contributed by atoms with Gasteiger partial charge in [-0.05, 0) is 24.6 Å². The van der Waals surface area contributed by atoms with Gasteiger partial charge in [-0.3, -0.25) is 9.89 Å². The molecule has 5 heteroatoms. The maximum absolute atomic E-state index is 11.8. The van der Waals surface area contributed by atoms with Gasteiger partial charge >= 0.3 is 0 Å². The summed E-state index contributed by atoms with van der Waals surface area (Å²) in [6.07, 6.45) is 2.83. The van der Waals surface area contributed by atoms with Crippen LogP contribution in [-0.4, -0.2) is 22.1 Å². The normalized spacial score (nSPS) is 12.1. The molecule has 1 aromatic heterocycles. The van der Waals surface area contributed by atoms with E-state index in [9.17, 15) is 4.79 Å². The Kier molecular flexibility index (Phi) is 4.30. The quantitative estimate of drug-likeness (QED) is 0.768. The minimum atomic E-state index is -0.0872. The van der Waals surface area contributed by atoms with E-state index in [-0.39, 0.29) is 11.9 Å². The minimum absolute atomic E-state index is 0.0592. The van der Waals surface area contributed by atoms with Crippen molar-refractivity contribution >= 4 is 11.6 Å². The first-order valence-electron chi connectivity index (χ1n) is 6.34. The van der Waals surface area contributed by atoms with E-state index in [0.29, 0.717) is 6.42 Å². The summed E-state index contributed by atoms with van der Waals surface area (Å²) < 4.78 is 0. The van der Waals surface area contributed by atoms with Crippen molar-refractivity contribution in [2.45, 2.75) is 25.8 Å². The second-order valence-electron chi connectivity index (χ2n) is 4.47. The molecule has 1 heterocycles. The maximum atomic E-state index is 11.8. The number of carbonyl (C=O) groups excluding carboxylic acids is 1. The summed E-state index contributed by atoms with van der Waals surface area (Å²) in [5, 5.41) is 9.66. The van der Waals surface area contributed by atoms with E-state index in [1.165, 1.54) is 0 Å². The van der Waals surface area contributed by atoms with Gasteiger partial charge in [0.2, 0.25) is 5.91 Å². The SMILES string of the molecule is CCC(N)CC(=O)Nc1cccc(-c2ccn[nH]2)c1. The van der Waals surface area contributed by atoms with Gasteiger partial charge in [0.15, 0.2) is 0 Å². The Hall–Kier alpha value is -2.14. The summed E-state index contributed by atoms with van der Waals surface area (Å²) in [6, 6.07) is 9.41. The first kappa shape index (κ1) is 13.3. The standard InChI is InChI=1S/C14H18N4O/c1-2-11(15)9-14(19)17-12-5-3-4-10(8-12)13-6-7-16-18-13/h3-8,11H,2,9,15H2,1H3,(H,16,18)(H,17,19). The van der Waals surface area contributed by atoms with Crippen molar-refractivity contribution in [3.63, 3.8) is 0 Å². The molecule has 1 aromatic carbocycles. The highest BCUT2D eigenvalue weighted by Gasteiger charge is 2.08. The number of anilines is 1. The zero-order chi connectivity index (χ0) is 13.7. The summed E-state index contributed by atoms with van der Waals surface area (Å²) in [7, 11) is 0. The maximum Gasteiger partial charge on any atom is 0.225 e. The molecule has 0 saturated carbocycles. The van der Waals surface area contributed by atoms with E-state index in [0.717, 1.165) is 23.4 Å². The molecule has 1 atom stereocenters. The van der Waals surface area contributed by atoms with Crippen LogP contribution in [0, 0.1) is 0 Å². The second kappa shape index (κ2) is 6.15. The molecular weight excluding hydrogens is 240 g/mol. The van der Waals surface area contributed by atoms with Crippen LogP contribution in [0.15, 0.2) is 36.5 Å². The van der Waals surface area contributed by atoms with Crippen LogP contribution in [0.25, 0.3) is 11.3 Å². The smallest absolute Gasteiger partial charge is 0.225 e. The summed E-state index contributed by atoms with van der Waals surface area (Å²) in [5.41, 5.74) is 8.42. The average molecular weight is 258 g/mol. The highest BCUT2D eigenvalue weighted by Crippen LogP contribution is 2.20. The molecule has 0 radical (unpaired) electrons.